The van der Waals surface area contributed by atoms with Gasteiger partial charge in [-0.1, -0.05) is 6.92 Å². The van der Waals surface area contributed by atoms with Crippen molar-refractivity contribution in [1.29, 1.82) is 0 Å². The Morgan fingerprint density at radius 2 is 1.92 bits per heavy atom. The Bertz CT molecular complexity index is 811. The number of allylic oxidation sites excluding steroid dienone is 1. The molecule has 0 bridgehead atoms. The molecule has 0 unspecified atom stereocenters. The van der Waals surface area contributed by atoms with Crippen LogP contribution in [0.2, 0.25) is 0 Å². The first kappa shape index (κ1) is 18.8. The minimum absolute atomic E-state index is 0.159. The molecule has 1 aromatic heterocycles. The Hall–Kier alpha value is -2.56. The van der Waals surface area contributed by atoms with Crippen LogP contribution in [0.1, 0.15) is 38.3 Å². The van der Waals surface area contributed by atoms with Gasteiger partial charge in [0.25, 0.3) is 0 Å². The van der Waals surface area contributed by atoms with Crippen LogP contribution in [0.15, 0.2) is 36.0 Å². The summed E-state index contributed by atoms with van der Waals surface area (Å²) < 4.78 is 27.2. The molecule has 0 aliphatic rings. The number of hydrogen-bond donors (Lipinski definition) is 1. The molecule has 0 saturated carbocycles. The van der Waals surface area contributed by atoms with Crippen LogP contribution in [0.5, 0.6) is 0 Å². The van der Waals surface area contributed by atoms with Gasteiger partial charge >= 0.3 is 0 Å². The standard InChI is InChI=1S/C20H22F2N2O/c1-5-8-23-20(25)13(3)12(2)17-9-16(21)10-18(14(17)4)15-6-7-19(22)24-11-15/h6-7,9-11H,5,8H2,1-4H3,(H,23,25)/b13-12+. The fraction of sp³-hybridized carbons (Fsp3) is 0.300. The first-order valence-electron chi connectivity index (χ1n) is 8.23. The van der Waals surface area contributed by atoms with Gasteiger partial charge in [0.2, 0.25) is 11.9 Å². The van der Waals surface area contributed by atoms with Gasteiger partial charge in [0.1, 0.15) is 5.82 Å². The van der Waals surface area contributed by atoms with E-state index in [0.717, 1.165) is 12.0 Å². The van der Waals surface area contributed by atoms with Crippen LogP contribution in [0, 0.1) is 18.7 Å². The van der Waals surface area contributed by atoms with Gasteiger partial charge in [0, 0.05) is 23.9 Å². The Kier molecular flexibility index (Phi) is 6.02. The Labute approximate surface area is 146 Å². The van der Waals surface area contributed by atoms with Crippen molar-refractivity contribution in [3.05, 3.63) is 58.9 Å². The van der Waals surface area contributed by atoms with E-state index in [9.17, 15) is 13.6 Å². The Morgan fingerprint density at radius 1 is 1.20 bits per heavy atom. The van der Waals surface area contributed by atoms with Crippen molar-refractivity contribution in [2.45, 2.75) is 34.1 Å². The van der Waals surface area contributed by atoms with Crippen molar-refractivity contribution >= 4 is 11.5 Å². The minimum Gasteiger partial charge on any atom is -0.352 e. The number of amides is 1. The largest absolute Gasteiger partial charge is 0.352 e. The molecule has 2 aromatic rings. The van der Waals surface area contributed by atoms with E-state index >= 15 is 0 Å². The number of nitrogens with zero attached hydrogens (tertiary/aromatic N) is 1. The molecule has 0 atom stereocenters. The zero-order valence-electron chi connectivity index (χ0n) is 14.9. The number of pyridine rings is 1. The Morgan fingerprint density at radius 3 is 2.52 bits per heavy atom. The molecule has 3 nitrogen and oxygen atoms in total. The molecule has 0 fully saturated rings. The predicted octanol–water partition coefficient (Wildman–Crippen LogP) is 4.65. The second-order valence-corrected chi connectivity index (χ2v) is 6.00. The highest BCUT2D eigenvalue weighted by atomic mass is 19.1. The van der Waals surface area contributed by atoms with Gasteiger partial charge in [-0.3, -0.25) is 4.79 Å². The summed E-state index contributed by atoms with van der Waals surface area (Å²) in [4.78, 5) is 15.8. The average molecular weight is 344 g/mol. The van der Waals surface area contributed by atoms with Crippen LogP contribution in [-0.4, -0.2) is 17.4 Å². The van der Waals surface area contributed by atoms with Crippen LogP contribution < -0.4 is 5.32 Å². The average Bonchev–Trinajstić information content (AvgIpc) is 2.60. The maximum absolute atomic E-state index is 14.2. The summed E-state index contributed by atoms with van der Waals surface area (Å²) in [7, 11) is 0. The molecule has 0 radical (unpaired) electrons. The summed E-state index contributed by atoms with van der Waals surface area (Å²) >= 11 is 0. The lowest BCUT2D eigenvalue weighted by Crippen LogP contribution is -2.25. The van der Waals surface area contributed by atoms with E-state index in [-0.39, 0.29) is 5.91 Å². The normalized spacial score (nSPS) is 11.9. The molecule has 1 heterocycles. The molecular weight excluding hydrogens is 322 g/mol. The highest BCUT2D eigenvalue weighted by Crippen LogP contribution is 2.31. The monoisotopic (exact) mass is 344 g/mol. The first-order valence-corrected chi connectivity index (χ1v) is 8.23. The summed E-state index contributed by atoms with van der Waals surface area (Å²) in [6.07, 6.45) is 2.22. The van der Waals surface area contributed by atoms with Gasteiger partial charge in [-0.15, -0.1) is 0 Å². The topological polar surface area (TPSA) is 42.0 Å². The molecule has 1 amide bonds. The SMILES string of the molecule is CCCNC(=O)/C(C)=C(\C)c1cc(F)cc(-c2ccc(F)nc2)c1C. The quantitative estimate of drug-likeness (QED) is 0.633. The van der Waals surface area contributed by atoms with Gasteiger partial charge in [-0.05, 0) is 73.7 Å². The smallest absolute Gasteiger partial charge is 0.247 e. The van der Waals surface area contributed by atoms with Crippen LogP contribution in [0.25, 0.3) is 16.7 Å². The lowest BCUT2D eigenvalue weighted by molar-refractivity contribution is -0.117. The Balaban J connectivity index is 2.52. The molecule has 1 aromatic carbocycles. The number of hydrogen-bond acceptors (Lipinski definition) is 2. The number of nitrogens with one attached hydrogen (secondary N) is 1. The fourth-order valence-corrected chi connectivity index (χ4v) is 2.65. The highest BCUT2D eigenvalue weighted by Gasteiger charge is 2.15. The number of carbonyl (C=O) groups excluding carboxylic acids is 1. The molecule has 0 aliphatic carbocycles. The van der Waals surface area contributed by atoms with Gasteiger partial charge in [-0.25, -0.2) is 9.37 Å². The molecular formula is C20H22F2N2O. The summed E-state index contributed by atoms with van der Waals surface area (Å²) in [5.74, 6) is -1.16. The third kappa shape index (κ3) is 4.29. The maximum atomic E-state index is 14.2. The van der Waals surface area contributed by atoms with Crippen molar-refractivity contribution < 1.29 is 13.6 Å². The molecule has 25 heavy (non-hydrogen) atoms. The predicted molar refractivity (Wildman–Crippen MR) is 95.9 cm³/mol. The second-order valence-electron chi connectivity index (χ2n) is 6.00. The summed E-state index contributed by atoms with van der Waals surface area (Å²) in [5, 5.41) is 2.83. The van der Waals surface area contributed by atoms with E-state index < -0.39 is 11.8 Å². The molecule has 0 aliphatic heterocycles. The van der Waals surface area contributed by atoms with E-state index in [0.29, 0.717) is 34.4 Å². The van der Waals surface area contributed by atoms with Crippen molar-refractivity contribution in [1.82, 2.24) is 10.3 Å². The molecule has 1 N–H and O–H groups in total. The van der Waals surface area contributed by atoms with Crippen LogP contribution in [-0.2, 0) is 4.79 Å². The van der Waals surface area contributed by atoms with Crippen molar-refractivity contribution in [3.8, 4) is 11.1 Å². The third-order valence-electron chi connectivity index (χ3n) is 4.25. The van der Waals surface area contributed by atoms with Gasteiger partial charge in [-0.2, -0.15) is 4.39 Å². The lowest BCUT2D eigenvalue weighted by atomic mass is 9.91. The number of rotatable bonds is 5. The van der Waals surface area contributed by atoms with Gasteiger partial charge < -0.3 is 5.32 Å². The van der Waals surface area contributed by atoms with Crippen molar-refractivity contribution in [2.24, 2.45) is 0 Å². The van der Waals surface area contributed by atoms with Crippen LogP contribution >= 0.6 is 0 Å². The van der Waals surface area contributed by atoms with Gasteiger partial charge in [0.15, 0.2) is 0 Å². The number of halogens is 2. The van der Waals surface area contributed by atoms with E-state index in [1.807, 2.05) is 13.8 Å². The molecule has 0 saturated heterocycles. The van der Waals surface area contributed by atoms with Crippen molar-refractivity contribution in [3.63, 3.8) is 0 Å². The number of benzene rings is 1. The molecule has 2 rings (SSSR count). The van der Waals surface area contributed by atoms with E-state index in [1.165, 1.54) is 24.4 Å². The first-order chi connectivity index (χ1) is 11.8. The summed E-state index contributed by atoms with van der Waals surface area (Å²) in [5.41, 5.74) is 3.98. The van der Waals surface area contributed by atoms with Gasteiger partial charge in [0.05, 0.1) is 0 Å². The van der Waals surface area contributed by atoms with Crippen LogP contribution in [0.4, 0.5) is 8.78 Å². The second kappa shape index (κ2) is 8.01. The van der Waals surface area contributed by atoms with E-state index in [1.54, 1.807) is 19.9 Å². The number of carbonyl (C=O) groups is 1. The maximum Gasteiger partial charge on any atom is 0.247 e. The summed E-state index contributed by atoms with van der Waals surface area (Å²) in [6.45, 7) is 7.96. The summed E-state index contributed by atoms with van der Waals surface area (Å²) in [6, 6.07) is 5.62. The highest BCUT2D eigenvalue weighted by molar-refractivity contribution is 6.00. The van der Waals surface area contributed by atoms with Crippen LogP contribution in [0.3, 0.4) is 0 Å². The fourth-order valence-electron chi connectivity index (χ4n) is 2.65. The zero-order valence-corrected chi connectivity index (χ0v) is 14.9. The molecule has 132 valence electrons. The third-order valence-corrected chi connectivity index (χ3v) is 4.25. The lowest BCUT2D eigenvalue weighted by Gasteiger charge is -2.15. The minimum atomic E-state index is -0.586. The molecule has 0 spiro atoms. The number of aromatic nitrogens is 1. The van der Waals surface area contributed by atoms with Crippen molar-refractivity contribution in [2.75, 3.05) is 6.54 Å². The molecule has 5 heteroatoms. The van der Waals surface area contributed by atoms with E-state index in [4.69, 9.17) is 0 Å². The zero-order chi connectivity index (χ0) is 18.6. The van der Waals surface area contributed by atoms with E-state index in [2.05, 4.69) is 10.3 Å².